The van der Waals surface area contributed by atoms with E-state index in [1.807, 2.05) is 0 Å². The Morgan fingerprint density at radius 2 is 1.43 bits per heavy atom. The van der Waals surface area contributed by atoms with Gasteiger partial charge in [0.25, 0.3) is 0 Å². The molecule has 0 aliphatic rings. The van der Waals surface area contributed by atoms with E-state index in [4.69, 9.17) is 21.1 Å². The Bertz CT molecular complexity index is 559. The lowest BCUT2D eigenvalue weighted by molar-refractivity contribution is -0.144. The third-order valence-electron chi connectivity index (χ3n) is 4.55. The third kappa shape index (κ3) is 13.6. The highest BCUT2D eigenvalue weighted by Crippen LogP contribution is 2.18. The average molecular weight is 411 g/mol. The second-order valence-corrected chi connectivity index (χ2v) is 7.62. The van der Waals surface area contributed by atoms with Gasteiger partial charge in [-0.2, -0.15) is 0 Å². The van der Waals surface area contributed by atoms with Gasteiger partial charge in [0.2, 0.25) is 0 Å². The van der Waals surface area contributed by atoms with Gasteiger partial charge in [-0.15, -0.1) is 0 Å². The minimum Gasteiger partial charge on any atom is -0.466 e. The Labute approximate surface area is 174 Å². The van der Waals surface area contributed by atoms with E-state index >= 15 is 0 Å². The number of unbranched alkanes of at least 4 members (excludes halogenated alkanes) is 9. The first-order chi connectivity index (χ1) is 13.6. The molecule has 0 bridgehead atoms. The number of rotatable bonds is 16. The number of hydrogen-bond donors (Lipinski definition) is 0. The maximum atomic E-state index is 11.7. The predicted octanol–water partition coefficient (Wildman–Crippen LogP) is 6.88. The molecule has 0 atom stereocenters. The maximum absolute atomic E-state index is 11.7. The molecule has 0 saturated carbocycles. The van der Waals surface area contributed by atoms with Crippen LogP contribution < -0.4 is 4.74 Å². The molecule has 4 nitrogen and oxygen atoms in total. The molecule has 1 rings (SSSR count). The highest BCUT2D eigenvalue weighted by Gasteiger charge is 2.08. The number of carbonyl (C=O) groups excluding carboxylic acids is 2. The van der Waals surface area contributed by atoms with Gasteiger partial charge in [-0.3, -0.25) is 9.59 Å². The van der Waals surface area contributed by atoms with Gasteiger partial charge >= 0.3 is 11.9 Å². The van der Waals surface area contributed by atoms with Crippen molar-refractivity contribution in [1.29, 1.82) is 0 Å². The molecule has 0 aliphatic carbocycles. The van der Waals surface area contributed by atoms with Crippen molar-refractivity contribution in [2.24, 2.45) is 0 Å². The van der Waals surface area contributed by atoms with Gasteiger partial charge in [0.1, 0.15) is 5.75 Å². The minimum atomic E-state index is -0.371. The van der Waals surface area contributed by atoms with Crippen molar-refractivity contribution in [2.45, 2.75) is 90.4 Å². The lowest BCUT2D eigenvalue weighted by atomic mass is 10.1. The van der Waals surface area contributed by atoms with Crippen LogP contribution in [-0.2, 0) is 14.3 Å². The van der Waals surface area contributed by atoms with Crippen molar-refractivity contribution in [1.82, 2.24) is 0 Å². The molecular formula is C23H35ClO4. The molecule has 1 aromatic rings. The van der Waals surface area contributed by atoms with Gasteiger partial charge in [-0.25, -0.2) is 0 Å². The molecule has 158 valence electrons. The summed E-state index contributed by atoms with van der Waals surface area (Å²) in [6, 6.07) is 6.68. The minimum absolute atomic E-state index is 0.180. The van der Waals surface area contributed by atoms with E-state index in [1.165, 1.54) is 51.4 Å². The van der Waals surface area contributed by atoms with E-state index < -0.39 is 0 Å². The summed E-state index contributed by atoms with van der Waals surface area (Å²) in [7, 11) is 0. The van der Waals surface area contributed by atoms with Crippen LogP contribution in [0.4, 0.5) is 0 Å². The standard InChI is InChI=1S/C23H35ClO4/c1-2-3-4-5-6-7-8-9-10-11-18-27-22(25)16-13-17-23(26)28-21-15-12-14-20(24)19-21/h12,14-15,19H,2-11,13,16-18H2,1H3. The van der Waals surface area contributed by atoms with Gasteiger partial charge in [-0.05, 0) is 31.0 Å². The zero-order valence-corrected chi connectivity index (χ0v) is 18.0. The van der Waals surface area contributed by atoms with Gasteiger partial charge in [0.05, 0.1) is 6.61 Å². The first-order valence-electron chi connectivity index (χ1n) is 10.7. The van der Waals surface area contributed by atoms with Gasteiger partial charge in [0.15, 0.2) is 0 Å². The summed E-state index contributed by atoms with van der Waals surface area (Å²) in [5, 5.41) is 0.515. The molecule has 0 saturated heterocycles. The molecule has 0 heterocycles. The normalized spacial score (nSPS) is 10.6. The maximum Gasteiger partial charge on any atom is 0.311 e. The summed E-state index contributed by atoms with van der Waals surface area (Å²) in [6.45, 7) is 2.71. The van der Waals surface area contributed by atoms with Gasteiger partial charge < -0.3 is 9.47 Å². The van der Waals surface area contributed by atoms with Crippen LogP contribution >= 0.6 is 11.6 Å². The summed E-state index contributed by atoms with van der Waals surface area (Å²) in [5.74, 6) is -0.197. The largest absolute Gasteiger partial charge is 0.466 e. The van der Waals surface area contributed by atoms with Crippen molar-refractivity contribution in [2.75, 3.05) is 6.61 Å². The summed E-state index contributed by atoms with van der Waals surface area (Å²) in [5.41, 5.74) is 0. The topological polar surface area (TPSA) is 52.6 Å². The molecule has 0 fully saturated rings. The van der Waals surface area contributed by atoms with Crippen LogP contribution in [0.5, 0.6) is 5.75 Å². The van der Waals surface area contributed by atoms with Crippen molar-refractivity contribution in [3.63, 3.8) is 0 Å². The highest BCUT2D eigenvalue weighted by atomic mass is 35.5. The first kappa shape index (κ1) is 24.5. The smallest absolute Gasteiger partial charge is 0.311 e. The Hall–Kier alpha value is -1.55. The van der Waals surface area contributed by atoms with Crippen LogP contribution in [0.2, 0.25) is 5.02 Å². The second-order valence-electron chi connectivity index (χ2n) is 7.19. The molecule has 0 amide bonds. The lowest BCUT2D eigenvalue weighted by Crippen LogP contribution is -2.10. The van der Waals surface area contributed by atoms with E-state index in [9.17, 15) is 9.59 Å². The molecule has 0 aromatic heterocycles. The molecule has 0 N–H and O–H groups in total. The van der Waals surface area contributed by atoms with Crippen LogP contribution in [0.3, 0.4) is 0 Å². The van der Waals surface area contributed by atoms with Crippen LogP contribution in [0.25, 0.3) is 0 Å². The zero-order valence-electron chi connectivity index (χ0n) is 17.2. The molecule has 0 aliphatic heterocycles. The number of ether oxygens (including phenoxy) is 2. The monoisotopic (exact) mass is 410 g/mol. The Kier molecular flexibility index (Phi) is 14.4. The molecule has 28 heavy (non-hydrogen) atoms. The lowest BCUT2D eigenvalue weighted by Gasteiger charge is -2.06. The van der Waals surface area contributed by atoms with E-state index in [0.717, 1.165) is 12.8 Å². The Morgan fingerprint density at radius 3 is 2.07 bits per heavy atom. The fourth-order valence-corrected chi connectivity index (χ4v) is 3.12. The van der Waals surface area contributed by atoms with Crippen molar-refractivity contribution in [3.8, 4) is 5.75 Å². The van der Waals surface area contributed by atoms with E-state index in [-0.39, 0.29) is 24.8 Å². The quantitative estimate of drug-likeness (QED) is 0.169. The summed E-state index contributed by atoms with van der Waals surface area (Å²) < 4.78 is 10.4. The van der Waals surface area contributed by atoms with Crippen molar-refractivity contribution < 1.29 is 19.1 Å². The van der Waals surface area contributed by atoms with Crippen molar-refractivity contribution in [3.05, 3.63) is 29.3 Å². The highest BCUT2D eigenvalue weighted by molar-refractivity contribution is 6.30. The molecule has 5 heteroatoms. The summed E-state index contributed by atoms with van der Waals surface area (Å²) in [6.07, 6.45) is 13.4. The van der Waals surface area contributed by atoms with Crippen molar-refractivity contribution >= 4 is 23.5 Å². The number of benzene rings is 1. The van der Waals surface area contributed by atoms with Crippen LogP contribution in [-0.4, -0.2) is 18.5 Å². The van der Waals surface area contributed by atoms with Crippen LogP contribution in [0.1, 0.15) is 90.4 Å². The summed E-state index contributed by atoms with van der Waals surface area (Å²) in [4.78, 5) is 23.4. The molecular weight excluding hydrogens is 376 g/mol. The van der Waals surface area contributed by atoms with Gasteiger partial charge in [0, 0.05) is 17.9 Å². The number of carbonyl (C=O) groups is 2. The van der Waals surface area contributed by atoms with Crippen LogP contribution in [0.15, 0.2) is 24.3 Å². The number of hydrogen-bond acceptors (Lipinski definition) is 4. The molecule has 0 radical (unpaired) electrons. The fraction of sp³-hybridized carbons (Fsp3) is 0.652. The third-order valence-corrected chi connectivity index (χ3v) is 4.79. The summed E-state index contributed by atoms with van der Waals surface area (Å²) >= 11 is 5.84. The fourth-order valence-electron chi connectivity index (χ4n) is 2.94. The SMILES string of the molecule is CCCCCCCCCCCCOC(=O)CCCC(=O)Oc1cccc(Cl)c1. The van der Waals surface area contributed by atoms with E-state index in [2.05, 4.69) is 6.92 Å². The Morgan fingerprint density at radius 1 is 0.821 bits per heavy atom. The second kappa shape index (κ2) is 16.4. The first-order valence-corrected chi connectivity index (χ1v) is 11.1. The van der Waals surface area contributed by atoms with E-state index in [1.54, 1.807) is 24.3 Å². The number of halogens is 1. The predicted molar refractivity (Wildman–Crippen MR) is 114 cm³/mol. The van der Waals surface area contributed by atoms with Gasteiger partial charge in [-0.1, -0.05) is 82.4 Å². The van der Waals surface area contributed by atoms with Crippen LogP contribution in [0, 0.1) is 0 Å². The molecule has 0 unspecified atom stereocenters. The Balaban J connectivity index is 1.92. The van der Waals surface area contributed by atoms with E-state index in [0.29, 0.717) is 23.8 Å². The average Bonchev–Trinajstić information content (AvgIpc) is 2.66. The zero-order chi connectivity index (χ0) is 20.5. The number of esters is 2. The molecule has 0 spiro atoms. The molecule has 1 aromatic carbocycles.